The maximum atomic E-state index is 7.50. The summed E-state index contributed by atoms with van der Waals surface area (Å²) < 4.78 is 45.6. The number of aromatic nitrogens is 1. The Morgan fingerprint density at radius 3 is 1.71 bits per heavy atom. The minimum atomic E-state index is 0.823. The zero-order chi connectivity index (χ0) is 20.1. The Balaban J connectivity index is -0.000000173. The van der Waals surface area contributed by atoms with Gasteiger partial charge >= 0.3 is 147 Å². The quantitative estimate of drug-likeness (QED) is 0.585. The number of aryl methyl sites for hydroxylation is 1. The van der Waals surface area contributed by atoms with Crippen molar-refractivity contribution in [1.29, 1.82) is 0 Å². The topological polar surface area (TPSA) is 114 Å². The van der Waals surface area contributed by atoms with Crippen LogP contribution in [-0.4, -0.2) is 16.2 Å². The molecule has 0 radical (unpaired) electrons. The van der Waals surface area contributed by atoms with Crippen LogP contribution in [0.3, 0.4) is 0 Å². The minimum absolute atomic E-state index is 0.823. The molecule has 0 aliphatic carbocycles. The Morgan fingerprint density at radius 1 is 0.917 bits per heavy atom. The van der Waals surface area contributed by atoms with E-state index >= 15 is 0 Å². The Hall–Kier alpha value is -2.18. The average Bonchev–Trinajstić information content (AvgIpc) is 3.06. The van der Waals surface area contributed by atoms with E-state index in [4.69, 9.17) is 28.0 Å². The first-order valence-corrected chi connectivity index (χ1v) is 6.02. The third-order valence-corrected chi connectivity index (χ3v) is 2.93. The molecular formula is C16H11CrNO6. The van der Waals surface area contributed by atoms with Gasteiger partial charge in [0, 0.05) is 0 Å². The molecule has 1 aromatic carbocycles. The Morgan fingerprint density at radius 2 is 1.33 bits per heavy atom. The molecule has 0 N–H and O–H groups in total. The molecular weight excluding hydrogens is 354 g/mol. The van der Waals surface area contributed by atoms with E-state index in [9.17, 15) is 0 Å². The van der Waals surface area contributed by atoms with Crippen LogP contribution in [0.1, 0.15) is 5.69 Å². The summed E-state index contributed by atoms with van der Waals surface area (Å²) in [6.07, 6.45) is 0. The van der Waals surface area contributed by atoms with E-state index in [0.717, 1.165) is 10.3 Å². The van der Waals surface area contributed by atoms with E-state index in [-0.39, 0.29) is 0 Å². The SMILES string of the molecule is CO[C](=[Cr])c1cc2ccccc2n1C.[C-]#[O+].[C-]#[O+].[C-]#[O+].[C-]#[O+].[C-]#[O+]. The van der Waals surface area contributed by atoms with Crippen molar-refractivity contribution in [3.05, 3.63) is 69.3 Å². The fraction of sp³-hybridized carbons (Fsp3) is 0.125. The second kappa shape index (κ2) is 23.1. The van der Waals surface area contributed by atoms with Crippen molar-refractivity contribution >= 4 is 15.5 Å². The number of para-hydroxylation sites is 1. The van der Waals surface area contributed by atoms with Gasteiger partial charge in [0.1, 0.15) is 0 Å². The molecule has 1 aromatic heterocycles. The van der Waals surface area contributed by atoms with Crippen LogP contribution in [0.25, 0.3) is 10.9 Å². The van der Waals surface area contributed by atoms with Crippen molar-refractivity contribution in [2.24, 2.45) is 7.05 Å². The number of fused-ring (bicyclic) bond motifs is 1. The molecule has 8 heteroatoms. The summed E-state index contributed by atoms with van der Waals surface area (Å²) >= 11 is 2.92. The van der Waals surface area contributed by atoms with Crippen LogP contribution in [-0.2, 0) is 50.9 Å². The van der Waals surface area contributed by atoms with Crippen molar-refractivity contribution in [2.45, 2.75) is 0 Å². The van der Waals surface area contributed by atoms with Crippen LogP contribution in [0.15, 0.2) is 30.3 Å². The third kappa shape index (κ3) is 9.76. The zero-order valence-electron chi connectivity index (χ0n) is 12.7. The fourth-order valence-electron chi connectivity index (χ4n) is 1.59. The average molecular weight is 365 g/mol. The standard InChI is InChI=1S/C11H11NO.5CO.Cr/c1-12-10(8-13-2)7-9-5-3-4-6-11(9)12;5*1-2;/h3-7H,1-2H3;;;;;;. The van der Waals surface area contributed by atoms with Gasteiger partial charge in [0.25, 0.3) is 0 Å². The molecule has 7 nitrogen and oxygen atoms in total. The Labute approximate surface area is 147 Å². The molecule has 0 saturated carbocycles. The van der Waals surface area contributed by atoms with Gasteiger partial charge in [-0.05, 0) is 0 Å². The Bertz CT molecular complexity index is 659. The molecule has 0 aliphatic heterocycles. The number of ether oxygens (including phenoxy) is 1. The summed E-state index contributed by atoms with van der Waals surface area (Å²) in [6, 6.07) is 10.4. The van der Waals surface area contributed by atoms with E-state index in [1.807, 2.05) is 19.2 Å². The second-order valence-corrected chi connectivity index (χ2v) is 3.72. The molecule has 0 aliphatic rings. The first kappa shape index (κ1) is 29.8. The summed E-state index contributed by atoms with van der Waals surface area (Å²) in [4.78, 5) is 0. The van der Waals surface area contributed by atoms with Gasteiger partial charge in [-0.3, -0.25) is 0 Å². The molecule has 122 valence electrons. The molecule has 0 fully saturated rings. The number of hydrogen-bond donors (Lipinski definition) is 0. The first-order valence-electron chi connectivity index (χ1n) is 5.39. The molecule has 1 heterocycles. The molecule has 0 atom stereocenters. The molecule has 0 unspecified atom stereocenters. The molecule has 0 spiro atoms. The van der Waals surface area contributed by atoms with E-state index < -0.39 is 0 Å². The van der Waals surface area contributed by atoms with Crippen molar-refractivity contribution in [3.63, 3.8) is 0 Å². The van der Waals surface area contributed by atoms with Gasteiger partial charge in [0.2, 0.25) is 0 Å². The van der Waals surface area contributed by atoms with Crippen LogP contribution in [0.5, 0.6) is 0 Å². The Kier molecular flexibility index (Phi) is 28.7. The van der Waals surface area contributed by atoms with Gasteiger partial charge in [-0.15, -0.1) is 0 Å². The molecule has 2 aromatic rings. The van der Waals surface area contributed by atoms with Crippen LogP contribution >= 0.6 is 0 Å². The predicted molar refractivity (Wildman–Crippen MR) is 73.7 cm³/mol. The summed E-state index contributed by atoms with van der Waals surface area (Å²) in [5.74, 6) is 0. The van der Waals surface area contributed by atoms with Gasteiger partial charge in [-0.2, -0.15) is 0 Å². The van der Waals surface area contributed by atoms with Crippen LogP contribution in [0, 0.1) is 33.3 Å². The monoisotopic (exact) mass is 365 g/mol. The number of rotatable bonds is 2. The molecule has 2 rings (SSSR count). The maximum absolute atomic E-state index is 7.50. The number of benzene rings is 1. The van der Waals surface area contributed by atoms with E-state index in [0.29, 0.717) is 0 Å². The molecule has 0 amide bonds. The summed E-state index contributed by atoms with van der Waals surface area (Å²) in [5, 5.41) is 1.23. The summed E-state index contributed by atoms with van der Waals surface area (Å²) in [6.45, 7) is 22.5. The van der Waals surface area contributed by atoms with E-state index in [1.54, 1.807) is 7.11 Å². The summed E-state index contributed by atoms with van der Waals surface area (Å²) in [7, 11) is 3.71. The first-order chi connectivity index (χ1) is 11.7. The molecule has 0 bridgehead atoms. The zero-order valence-corrected chi connectivity index (χ0v) is 14.0. The van der Waals surface area contributed by atoms with E-state index in [1.165, 1.54) is 10.9 Å². The van der Waals surface area contributed by atoms with Crippen LogP contribution in [0.4, 0.5) is 0 Å². The van der Waals surface area contributed by atoms with Crippen LogP contribution in [0.2, 0.25) is 0 Å². The van der Waals surface area contributed by atoms with Gasteiger partial charge < -0.3 is 0 Å². The van der Waals surface area contributed by atoms with Crippen molar-refractivity contribution in [1.82, 2.24) is 4.57 Å². The molecule has 0 saturated heterocycles. The predicted octanol–water partition coefficient (Wildman–Crippen LogP) is 1.66. The van der Waals surface area contributed by atoms with Gasteiger partial charge in [-0.25, -0.2) is 0 Å². The number of methoxy groups -OCH3 is 1. The normalized spacial score (nSPS) is 6.67. The second-order valence-electron chi connectivity index (χ2n) is 3.14. The molecule has 24 heavy (non-hydrogen) atoms. The van der Waals surface area contributed by atoms with Gasteiger partial charge in [-0.1, -0.05) is 0 Å². The van der Waals surface area contributed by atoms with Crippen molar-refractivity contribution in [2.75, 3.05) is 7.11 Å². The number of hydrogen-bond acceptors (Lipinski definition) is 1. The van der Waals surface area contributed by atoms with Crippen LogP contribution < -0.4 is 0 Å². The van der Waals surface area contributed by atoms with Gasteiger partial charge in [0.05, 0.1) is 0 Å². The van der Waals surface area contributed by atoms with Crippen molar-refractivity contribution < 1.29 is 43.8 Å². The third-order valence-electron chi connectivity index (χ3n) is 2.35. The fourth-order valence-corrected chi connectivity index (χ4v) is 1.90. The van der Waals surface area contributed by atoms with E-state index in [2.05, 4.69) is 71.9 Å². The van der Waals surface area contributed by atoms with Crippen molar-refractivity contribution in [3.8, 4) is 0 Å². The van der Waals surface area contributed by atoms with Gasteiger partial charge in [0.15, 0.2) is 0 Å². The summed E-state index contributed by atoms with van der Waals surface area (Å²) in [5.41, 5.74) is 2.29. The number of nitrogens with zero attached hydrogens (tertiary/aromatic N) is 1.